The molecular formula is C18H18F3N3O3. The number of oxime groups is 1. The summed E-state index contributed by atoms with van der Waals surface area (Å²) >= 11 is 0. The Labute approximate surface area is 154 Å². The van der Waals surface area contributed by atoms with Crippen LogP contribution in [0.1, 0.15) is 29.9 Å². The van der Waals surface area contributed by atoms with Gasteiger partial charge in [-0.05, 0) is 49.4 Å². The number of unbranched alkanes of at least 4 members (excludes halogenated alkanes) is 1. The van der Waals surface area contributed by atoms with Gasteiger partial charge in [-0.15, -0.1) is 0 Å². The second kappa shape index (κ2) is 8.58. The van der Waals surface area contributed by atoms with Crippen LogP contribution < -0.4 is 4.74 Å². The molecule has 0 saturated heterocycles. The number of hydrogen-bond donors (Lipinski definition) is 1. The molecule has 1 N–H and O–H groups in total. The van der Waals surface area contributed by atoms with Gasteiger partial charge in [0.1, 0.15) is 5.75 Å². The first-order valence-electron chi connectivity index (χ1n) is 8.05. The molecule has 1 aromatic heterocycles. The van der Waals surface area contributed by atoms with Crippen LogP contribution in [0.15, 0.2) is 21.8 Å². The Morgan fingerprint density at radius 2 is 1.93 bits per heavy atom. The summed E-state index contributed by atoms with van der Waals surface area (Å²) in [5.74, 6) is 5.79. The van der Waals surface area contributed by atoms with E-state index < -0.39 is 11.9 Å². The number of ether oxygens (including phenoxy) is 1. The van der Waals surface area contributed by atoms with E-state index in [1.54, 1.807) is 12.8 Å². The van der Waals surface area contributed by atoms with Gasteiger partial charge in [0.25, 0.3) is 0 Å². The van der Waals surface area contributed by atoms with Crippen molar-refractivity contribution in [3.8, 4) is 29.0 Å². The lowest BCUT2D eigenvalue weighted by Crippen LogP contribution is -2.21. The molecule has 6 nitrogen and oxygen atoms in total. The number of alkyl halides is 3. The van der Waals surface area contributed by atoms with Gasteiger partial charge in [0.05, 0.1) is 6.61 Å². The summed E-state index contributed by atoms with van der Waals surface area (Å²) in [5, 5.41) is 14.3. The van der Waals surface area contributed by atoms with Crippen molar-refractivity contribution in [3.63, 3.8) is 0 Å². The van der Waals surface area contributed by atoms with E-state index in [9.17, 15) is 13.2 Å². The molecule has 27 heavy (non-hydrogen) atoms. The van der Waals surface area contributed by atoms with E-state index in [2.05, 4.69) is 21.2 Å². The molecule has 0 amide bonds. The third-order valence-electron chi connectivity index (χ3n) is 3.51. The van der Waals surface area contributed by atoms with Crippen molar-refractivity contribution in [2.45, 2.75) is 39.8 Å². The molecular weight excluding hydrogens is 363 g/mol. The van der Waals surface area contributed by atoms with Crippen molar-refractivity contribution in [1.82, 2.24) is 10.1 Å². The fourth-order valence-corrected chi connectivity index (χ4v) is 2.36. The van der Waals surface area contributed by atoms with E-state index >= 15 is 0 Å². The fourth-order valence-electron chi connectivity index (χ4n) is 2.36. The summed E-state index contributed by atoms with van der Waals surface area (Å²) in [6.45, 7) is 5.76. The monoisotopic (exact) mass is 381 g/mol. The predicted octanol–water partition coefficient (Wildman–Crippen LogP) is 4.22. The lowest BCUT2D eigenvalue weighted by Gasteiger charge is -2.12. The van der Waals surface area contributed by atoms with Crippen LogP contribution >= 0.6 is 0 Å². The number of nitrogens with zero attached hydrogens (tertiary/aromatic N) is 3. The average molecular weight is 381 g/mol. The van der Waals surface area contributed by atoms with E-state index in [0.717, 1.165) is 16.7 Å². The number of hydrogen-bond acceptors (Lipinski definition) is 6. The first kappa shape index (κ1) is 20.3. The molecule has 0 unspecified atom stereocenters. The Bertz CT molecular complexity index is 869. The highest BCUT2D eigenvalue weighted by Crippen LogP contribution is 2.29. The molecule has 0 radical (unpaired) electrons. The Balaban J connectivity index is 1.94. The van der Waals surface area contributed by atoms with Crippen LogP contribution in [-0.4, -0.2) is 33.8 Å². The SMILES string of the molecule is Cc1nc(-c2cc(C)c(OCCCC#C/C(=N\O)C(F)(F)F)c(C)c2)no1. The summed E-state index contributed by atoms with van der Waals surface area (Å²) in [6.07, 6.45) is -4.16. The highest BCUT2D eigenvalue weighted by atomic mass is 19.4. The van der Waals surface area contributed by atoms with Crippen molar-refractivity contribution >= 4 is 5.71 Å². The Hall–Kier alpha value is -3.02. The summed E-state index contributed by atoms with van der Waals surface area (Å²) in [7, 11) is 0. The maximum absolute atomic E-state index is 12.3. The van der Waals surface area contributed by atoms with Crippen LogP contribution in [0.4, 0.5) is 13.2 Å². The second-order valence-corrected chi connectivity index (χ2v) is 5.78. The number of aromatic nitrogens is 2. The average Bonchev–Trinajstić information content (AvgIpc) is 3.01. The minimum atomic E-state index is -4.76. The lowest BCUT2D eigenvalue weighted by atomic mass is 10.1. The molecule has 144 valence electrons. The van der Waals surface area contributed by atoms with Crippen molar-refractivity contribution in [3.05, 3.63) is 29.2 Å². The molecule has 2 rings (SSSR count). The van der Waals surface area contributed by atoms with Gasteiger partial charge in [-0.1, -0.05) is 16.2 Å². The Morgan fingerprint density at radius 3 is 2.44 bits per heavy atom. The molecule has 1 aromatic carbocycles. The summed E-state index contributed by atoms with van der Waals surface area (Å²) in [4.78, 5) is 4.19. The highest BCUT2D eigenvalue weighted by molar-refractivity contribution is 6.04. The zero-order chi connectivity index (χ0) is 20.0. The topological polar surface area (TPSA) is 80.7 Å². The highest BCUT2D eigenvalue weighted by Gasteiger charge is 2.35. The second-order valence-electron chi connectivity index (χ2n) is 5.78. The molecule has 0 fully saturated rings. The van der Waals surface area contributed by atoms with Crippen molar-refractivity contribution < 1.29 is 27.6 Å². The third kappa shape index (κ3) is 5.48. The van der Waals surface area contributed by atoms with E-state index in [4.69, 9.17) is 14.5 Å². The smallest absolute Gasteiger partial charge is 0.444 e. The van der Waals surface area contributed by atoms with Crippen molar-refractivity contribution in [2.75, 3.05) is 6.61 Å². The molecule has 0 spiro atoms. The fraction of sp³-hybridized carbons (Fsp3) is 0.389. The van der Waals surface area contributed by atoms with Gasteiger partial charge < -0.3 is 14.5 Å². The minimum Gasteiger partial charge on any atom is -0.493 e. The molecule has 9 heteroatoms. The van der Waals surface area contributed by atoms with Gasteiger partial charge >= 0.3 is 6.18 Å². The van der Waals surface area contributed by atoms with Gasteiger partial charge in [0.2, 0.25) is 17.4 Å². The first-order chi connectivity index (χ1) is 12.7. The Kier molecular flexibility index (Phi) is 6.45. The lowest BCUT2D eigenvalue weighted by molar-refractivity contribution is -0.0592. The zero-order valence-corrected chi connectivity index (χ0v) is 15.0. The van der Waals surface area contributed by atoms with Crippen LogP contribution in [0.3, 0.4) is 0 Å². The van der Waals surface area contributed by atoms with Crippen molar-refractivity contribution in [2.24, 2.45) is 5.16 Å². The number of halogens is 3. The van der Waals surface area contributed by atoms with Gasteiger partial charge in [0.15, 0.2) is 0 Å². The van der Waals surface area contributed by atoms with Gasteiger partial charge in [-0.2, -0.15) is 18.2 Å². The molecule has 2 aromatic rings. The first-order valence-corrected chi connectivity index (χ1v) is 8.05. The van der Waals surface area contributed by atoms with E-state index in [-0.39, 0.29) is 13.0 Å². The summed E-state index contributed by atoms with van der Waals surface area (Å²) in [5.41, 5.74) is 1.06. The summed E-state index contributed by atoms with van der Waals surface area (Å²) in [6, 6.07) is 3.75. The molecule has 0 atom stereocenters. The predicted molar refractivity (Wildman–Crippen MR) is 91.7 cm³/mol. The number of benzene rings is 1. The Morgan fingerprint density at radius 1 is 1.26 bits per heavy atom. The maximum atomic E-state index is 12.3. The van der Waals surface area contributed by atoms with E-state index in [1.165, 1.54) is 0 Å². The molecule has 0 aliphatic heterocycles. The molecule has 0 saturated carbocycles. The molecule has 1 heterocycles. The van der Waals surface area contributed by atoms with Crippen LogP contribution in [0, 0.1) is 32.6 Å². The molecule has 0 aliphatic rings. The quantitative estimate of drug-likeness (QED) is 0.276. The van der Waals surface area contributed by atoms with E-state index in [0.29, 0.717) is 23.9 Å². The molecule has 0 aliphatic carbocycles. The summed E-state index contributed by atoms with van der Waals surface area (Å²) < 4.78 is 47.7. The van der Waals surface area contributed by atoms with Gasteiger partial charge in [0, 0.05) is 18.9 Å². The van der Waals surface area contributed by atoms with E-state index in [1.807, 2.05) is 26.0 Å². The molecule has 0 bridgehead atoms. The number of rotatable bonds is 5. The number of aryl methyl sites for hydroxylation is 3. The maximum Gasteiger partial charge on any atom is 0.444 e. The largest absolute Gasteiger partial charge is 0.493 e. The van der Waals surface area contributed by atoms with Gasteiger partial charge in [-0.25, -0.2) is 0 Å². The normalized spacial score (nSPS) is 11.9. The van der Waals surface area contributed by atoms with Gasteiger partial charge in [-0.3, -0.25) is 0 Å². The van der Waals surface area contributed by atoms with Crippen LogP contribution in [0.25, 0.3) is 11.4 Å². The third-order valence-corrected chi connectivity index (χ3v) is 3.51. The van der Waals surface area contributed by atoms with Crippen molar-refractivity contribution in [1.29, 1.82) is 0 Å². The zero-order valence-electron chi connectivity index (χ0n) is 15.0. The standard InChI is InChI=1S/C18H18F3N3O3/c1-11-9-14(17-22-13(3)27-24-17)10-12(2)16(11)26-8-6-4-5-7-15(23-25)18(19,20)21/h9-10,25H,4,6,8H2,1-3H3/b23-15+. The van der Waals surface area contributed by atoms with Crippen LogP contribution in [0.2, 0.25) is 0 Å². The minimum absolute atomic E-state index is 0.174. The van der Waals surface area contributed by atoms with Crippen LogP contribution in [0.5, 0.6) is 5.75 Å². The van der Waals surface area contributed by atoms with Crippen LogP contribution in [-0.2, 0) is 0 Å².